The van der Waals surface area contributed by atoms with Crippen LogP contribution in [-0.4, -0.2) is 13.1 Å². The van der Waals surface area contributed by atoms with E-state index in [1.165, 1.54) is 12.2 Å². The van der Waals surface area contributed by atoms with Crippen molar-refractivity contribution in [3.05, 3.63) is 24.8 Å². The summed E-state index contributed by atoms with van der Waals surface area (Å²) in [4.78, 5) is 0. The Balaban J connectivity index is 2.91. The molecule has 0 radical (unpaired) electrons. The Kier molecular flexibility index (Phi) is 6.73. The number of halogens is 2. The average molecular weight is 133 g/mol. The van der Waals surface area contributed by atoms with Gasteiger partial charge < -0.3 is 5.32 Å². The van der Waals surface area contributed by atoms with Crippen molar-refractivity contribution in [2.75, 3.05) is 13.1 Å². The Bertz CT molecular complexity index is 87.2. The molecule has 0 fully saturated rings. The van der Waals surface area contributed by atoms with Crippen LogP contribution in [-0.2, 0) is 0 Å². The van der Waals surface area contributed by atoms with Crippen molar-refractivity contribution in [1.82, 2.24) is 5.32 Å². The minimum absolute atomic E-state index is 0.431. The van der Waals surface area contributed by atoms with Crippen molar-refractivity contribution in [3.63, 3.8) is 0 Å². The lowest BCUT2D eigenvalue weighted by molar-refractivity contribution is 0.700. The van der Waals surface area contributed by atoms with E-state index in [9.17, 15) is 8.78 Å². The molecule has 0 heterocycles. The van der Waals surface area contributed by atoms with Crippen LogP contribution in [0.4, 0.5) is 8.78 Å². The fourth-order valence-corrected chi connectivity index (χ4v) is 0.339. The fraction of sp³-hybridized carbons (Fsp3) is 0.333. The van der Waals surface area contributed by atoms with Gasteiger partial charge in [0.1, 0.15) is 0 Å². The summed E-state index contributed by atoms with van der Waals surface area (Å²) >= 11 is 0. The smallest absolute Gasteiger partial charge is 0.0839 e. The second-order valence-electron chi connectivity index (χ2n) is 1.38. The van der Waals surface area contributed by atoms with Crippen LogP contribution >= 0.6 is 0 Å². The van der Waals surface area contributed by atoms with Gasteiger partial charge >= 0.3 is 0 Å². The summed E-state index contributed by atoms with van der Waals surface area (Å²) in [5.41, 5.74) is 0. The fourth-order valence-electron chi connectivity index (χ4n) is 0.339. The lowest BCUT2D eigenvalue weighted by Gasteiger charge is -1.90. The maximum Gasteiger partial charge on any atom is 0.0839 e. The minimum Gasteiger partial charge on any atom is -0.310 e. The first-order chi connectivity index (χ1) is 4.41. The Morgan fingerprint density at radius 3 is 1.78 bits per heavy atom. The topological polar surface area (TPSA) is 12.0 Å². The van der Waals surface area contributed by atoms with Gasteiger partial charge in [0.25, 0.3) is 0 Å². The van der Waals surface area contributed by atoms with Crippen molar-refractivity contribution in [3.8, 4) is 0 Å². The van der Waals surface area contributed by atoms with Crippen molar-refractivity contribution < 1.29 is 8.78 Å². The molecule has 0 bridgehead atoms. The summed E-state index contributed by atoms with van der Waals surface area (Å²) in [6.07, 6.45) is 3.52. The molecule has 0 saturated carbocycles. The Hall–Kier alpha value is -0.700. The van der Waals surface area contributed by atoms with Gasteiger partial charge in [0, 0.05) is 13.1 Å². The van der Waals surface area contributed by atoms with E-state index in [1.807, 2.05) is 0 Å². The lowest BCUT2D eigenvalue weighted by Crippen LogP contribution is -2.12. The number of hydrogen-bond donors (Lipinski definition) is 1. The highest BCUT2D eigenvalue weighted by molar-refractivity contribution is 4.80. The quantitative estimate of drug-likeness (QED) is 0.573. The molecule has 0 aliphatic rings. The van der Waals surface area contributed by atoms with E-state index in [-0.39, 0.29) is 0 Å². The second-order valence-corrected chi connectivity index (χ2v) is 1.38. The Labute approximate surface area is 53.1 Å². The van der Waals surface area contributed by atoms with Gasteiger partial charge in [-0.15, -0.1) is 0 Å². The zero-order chi connectivity index (χ0) is 6.95. The van der Waals surface area contributed by atoms with Crippen LogP contribution in [0.1, 0.15) is 0 Å². The molecule has 1 N–H and O–H groups in total. The molecule has 52 valence electrons. The van der Waals surface area contributed by atoms with Crippen LogP contribution < -0.4 is 5.32 Å². The van der Waals surface area contributed by atoms with E-state index in [2.05, 4.69) is 5.32 Å². The molecule has 0 aromatic carbocycles. The number of rotatable bonds is 4. The van der Waals surface area contributed by atoms with Crippen molar-refractivity contribution in [2.24, 2.45) is 0 Å². The highest BCUT2D eigenvalue weighted by Gasteiger charge is 1.74. The third kappa shape index (κ3) is 7.30. The predicted molar refractivity (Wildman–Crippen MR) is 33.4 cm³/mol. The third-order valence-electron chi connectivity index (χ3n) is 0.703. The van der Waals surface area contributed by atoms with Gasteiger partial charge in [-0.1, -0.05) is 0 Å². The van der Waals surface area contributed by atoms with Crippen molar-refractivity contribution in [2.45, 2.75) is 0 Å². The summed E-state index contributed by atoms with van der Waals surface area (Å²) in [6, 6.07) is 0. The summed E-state index contributed by atoms with van der Waals surface area (Å²) in [5, 5.41) is 2.73. The number of nitrogens with one attached hydrogen (secondary N) is 1. The third-order valence-corrected chi connectivity index (χ3v) is 0.703. The maximum absolute atomic E-state index is 11.2. The van der Waals surface area contributed by atoms with Crippen molar-refractivity contribution >= 4 is 0 Å². The Morgan fingerprint density at radius 2 is 1.44 bits per heavy atom. The first-order valence-electron chi connectivity index (χ1n) is 2.63. The molecule has 0 spiro atoms. The average Bonchev–Trinajstić information content (AvgIpc) is 1.89. The van der Waals surface area contributed by atoms with Crippen LogP contribution in [0.15, 0.2) is 24.8 Å². The minimum atomic E-state index is 0.431. The molecule has 0 unspecified atom stereocenters. The largest absolute Gasteiger partial charge is 0.310 e. The summed E-state index contributed by atoms with van der Waals surface area (Å²) in [5.74, 6) is 0. The summed E-state index contributed by atoms with van der Waals surface area (Å²) in [7, 11) is 0. The molecule has 3 heteroatoms. The van der Waals surface area contributed by atoms with Gasteiger partial charge in [0.2, 0.25) is 0 Å². The van der Waals surface area contributed by atoms with Crippen LogP contribution in [0.2, 0.25) is 0 Å². The van der Waals surface area contributed by atoms with Crippen molar-refractivity contribution in [1.29, 1.82) is 0 Å². The zero-order valence-electron chi connectivity index (χ0n) is 4.98. The monoisotopic (exact) mass is 133 g/mol. The van der Waals surface area contributed by atoms with Gasteiger partial charge in [-0.05, 0) is 12.2 Å². The van der Waals surface area contributed by atoms with Gasteiger partial charge in [-0.25, -0.2) is 8.78 Å². The van der Waals surface area contributed by atoms with Crippen LogP contribution in [0.3, 0.4) is 0 Å². The molecular weight excluding hydrogens is 124 g/mol. The Morgan fingerprint density at radius 1 is 1.00 bits per heavy atom. The molecule has 1 nitrogen and oxygen atoms in total. The molecule has 0 rings (SSSR count). The van der Waals surface area contributed by atoms with Gasteiger partial charge in [-0.3, -0.25) is 0 Å². The zero-order valence-corrected chi connectivity index (χ0v) is 4.98. The van der Waals surface area contributed by atoms with Gasteiger partial charge in [0.05, 0.1) is 12.7 Å². The standard InChI is InChI=1S/C6H9F2N/c7-3-1-5-9-6-2-4-8/h1-4,9H,5-6H2. The van der Waals surface area contributed by atoms with E-state index >= 15 is 0 Å². The SMILES string of the molecule is FC=CCNCC=CF. The molecule has 0 saturated heterocycles. The summed E-state index contributed by atoms with van der Waals surface area (Å²) in [6.45, 7) is 0.863. The molecule has 0 aliphatic carbocycles. The molecular formula is C6H9F2N. The molecule has 9 heavy (non-hydrogen) atoms. The molecule has 0 aromatic rings. The highest BCUT2D eigenvalue weighted by atomic mass is 19.1. The van der Waals surface area contributed by atoms with Gasteiger partial charge in [-0.2, -0.15) is 0 Å². The van der Waals surface area contributed by atoms with E-state index in [4.69, 9.17) is 0 Å². The van der Waals surface area contributed by atoms with E-state index in [0.29, 0.717) is 25.7 Å². The first-order valence-corrected chi connectivity index (χ1v) is 2.63. The van der Waals surface area contributed by atoms with Crippen LogP contribution in [0.25, 0.3) is 0 Å². The highest BCUT2D eigenvalue weighted by Crippen LogP contribution is 1.72. The lowest BCUT2D eigenvalue weighted by atomic mass is 10.5. The van der Waals surface area contributed by atoms with E-state index in [1.54, 1.807) is 0 Å². The molecule has 0 atom stereocenters. The normalized spacial score (nSPS) is 11.8. The molecule has 0 aromatic heterocycles. The van der Waals surface area contributed by atoms with E-state index in [0.717, 1.165) is 0 Å². The number of hydrogen-bond acceptors (Lipinski definition) is 1. The van der Waals surface area contributed by atoms with Crippen LogP contribution in [0, 0.1) is 0 Å². The summed E-state index contributed by atoms with van der Waals surface area (Å²) < 4.78 is 22.4. The second kappa shape index (κ2) is 7.30. The molecule has 0 amide bonds. The van der Waals surface area contributed by atoms with Crippen LogP contribution in [0.5, 0.6) is 0 Å². The maximum atomic E-state index is 11.2. The van der Waals surface area contributed by atoms with Gasteiger partial charge in [0.15, 0.2) is 0 Å². The van der Waals surface area contributed by atoms with E-state index < -0.39 is 0 Å². The first kappa shape index (κ1) is 8.30. The molecule has 0 aliphatic heterocycles. The predicted octanol–water partition coefficient (Wildman–Crippen LogP) is 1.54.